The lowest BCUT2D eigenvalue weighted by molar-refractivity contribution is 0.00160. The maximum absolute atomic E-state index is 13.0. The molecule has 2 fully saturated rings. The van der Waals surface area contributed by atoms with Crippen LogP contribution < -0.4 is 5.56 Å². The second-order valence-electron chi connectivity index (χ2n) is 6.90. The van der Waals surface area contributed by atoms with Gasteiger partial charge in [0.15, 0.2) is 0 Å². The van der Waals surface area contributed by atoms with Gasteiger partial charge in [0.05, 0.1) is 18.8 Å². The third-order valence-corrected chi connectivity index (χ3v) is 5.44. The van der Waals surface area contributed by atoms with Gasteiger partial charge in [-0.2, -0.15) is 0 Å². The van der Waals surface area contributed by atoms with E-state index in [1.807, 2.05) is 11.0 Å². The van der Waals surface area contributed by atoms with Crippen molar-refractivity contribution in [1.29, 1.82) is 0 Å². The highest BCUT2D eigenvalue weighted by atomic mass is 16.5. The van der Waals surface area contributed by atoms with Gasteiger partial charge in [0.25, 0.3) is 11.5 Å². The predicted octanol–water partition coefficient (Wildman–Crippen LogP) is 0.803. The number of morpholine rings is 1. The molecule has 7 heteroatoms. The van der Waals surface area contributed by atoms with E-state index in [1.165, 1.54) is 4.57 Å². The molecular weight excluding hydrogens is 320 g/mol. The van der Waals surface area contributed by atoms with Crippen LogP contribution >= 0.6 is 0 Å². The van der Waals surface area contributed by atoms with Crippen LogP contribution in [0.4, 0.5) is 0 Å². The number of hydrogen-bond acceptors (Lipinski definition) is 4. The van der Waals surface area contributed by atoms with Crippen LogP contribution in [0.25, 0.3) is 10.9 Å². The van der Waals surface area contributed by atoms with Gasteiger partial charge in [-0.15, -0.1) is 0 Å². The Morgan fingerprint density at radius 2 is 1.92 bits per heavy atom. The molecule has 0 aliphatic carbocycles. The highest BCUT2D eigenvalue weighted by molar-refractivity contribution is 6.05. The number of aryl methyl sites for hydroxylation is 1. The van der Waals surface area contributed by atoms with Gasteiger partial charge in [-0.1, -0.05) is 0 Å². The van der Waals surface area contributed by atoms with Gasteiger partial charge in [0, 0.05) is 57.0 Å². The number of aromatic amines is 1. The summed E-state index contributed by atoms with van der Waals surface area (Å²) in [6.07, 6.45) is 5.37. The topological polar surface area (TPSA) is 70.6 Å². The fourth-order valence-electron chi connectivity index (χ4n) is 3.99. The fourth-order valence-corrected chi connectivity index (χ4v) is 3.99. The van der Waals surface area contributed by atoms with E-state index in [-0.39, 0.29) is 11.5 Å². The molecule has 1 N–H and O–H groups in total. The SMILES string of the molecule is Cn1cc(C(=O)N2CCC(N3CCOCC3)CC2)c2cc[nH]c2c1=O. The van der Waals surface area contributed by atoms with Crippen molar-refractivity contribution in [3.05, 3.63) is 34.4 Å². The molecular formula is C18H24N4O3. The second-order valence-corrected chi connectivity index (χ2v) is 6.90. The van der Waals surface area contributed by atoms with Crippen molar-refractivity contribution in [2.45, 2.75) is 18.9 Å². The summed E-state index contributed by atoms with van der Waals surface area (Å²) in [5.41, 5.74) is 0.988. The summed E-state index contributed by atoms with van der Waals surface area (Å²) < 4.78 is 6.90. The number of fused-ring (bicyclic) bond motifs is 1. The maximum atomic E-state index is 13.0. The standard InChI is InChI=1S/C18H24N4O3/c1-20-12-15(14-2-5-19-16(14)18(20)24)17(23)22-6-3-13(4-7-22)21-8-10-25-11-9-21/h2,5,12-13,19H,3-4,6-11H2,1H3. The number of likely N-dealkylation sites (tertiary alicyclic amines) is 1. The quantitative estimate of drug-likeness (QED) is 0.875. The maximum Gasteiger partial charge on any atom is 0.274 e. The zero-order chi connectivity index (χ0) is 17.4. The highest BCUT2D eigenvalue weighted by Gasteiger charge is 2.29. The average Bonchev–Trinajstić information content (AvgIpc) is 3.15. The Labute approximate surface area is 146 Å². The average molecular weight is 344 g/mol. The first-order valence-corrected chi connectivity index (χ1v) is 8.93. The van der Waals surface area contributed by atoms with Crippen LogP contribution in [-0.2, 0) is 11.8 Å². The van der Waals surface area contributed by atoms with Crippen molar-refractivity contribution in [3.8, 4) is 0 Å². The predicted molar refractivity (Wildman–Crippen MR) is 94.9 cm³/mol. The van der Waals surface area contributed by atoms with E-state index in [0.29, 0.717) is 22.5 Å². The Kier molecular flexibility index (Phi) is 4.35. The summed E-state index contributed by atoms with van der Waals surface area (Å²) in [7, 11) is 1.68. The number of amides is 1. The molecule has 25 heavy (non-hydrogen) atoms. The van der Waals surface area contributed by atoms with E-state index in [2.05, 4.69) is 9.88 Å². The summed E-state index contributed by atoms with van der Waals surface area (Å²) in [5.74, 6) is 0.0145. The van der Waals surface area contributed by atoms with Crippen LogP contribution in [0.2, 0.25) is 0 Å². The molecule has 4 rings (SSSR count). The Morgan fingerprint density at radius 1 is 1.20 bits per heavy atom. The molecule has 0 saturated carbocycles. The van der Waals surface area contributed by atoms with Crippen LogP contribution in [0, 0.1) is 0 Å². The first-order chi connectivity index (χ1) is 12.1. The monoisotopic (exact) mass is 344 g/mol. The van der Waals surface area contributed by atoms with Crippen LogP contribution in [-0.4, -0.2) is 70.7 Å². The van der Waals surface area contributed by atoms with E-state index in [0.717, 1.165) is 52.2 Å². The summed E-state index contributed by atoms with van der Waals surface area (Å²) in [5, 5.41) is 0.711. The molecule has 4 heterocycles. The van der Waals surface area contributed by atoms with E-state index < -0.39 is 0 Å². The molecule has 7 nitrogen and oxygen atoms in total. The molecule has 2 aromatic heterocycles. The van der Waals surface area contributed by atoms with Crippen LogP contribution in [0.15, 0.2) is 23.3 Å². The summed E-state index contributed by atoms with van der Waals surface area (Å²) in [4.78, 5) is 32.5. The fraction of sp³-hybridized carbons (Fsp3) is 0.556. The molecule has 0 unspecified atom stereocenters. The van der Waals surface area contributed by atoms with E-state index >= 15 is 0 Å². The smallest absolute Gasteiger partial charge is 0.274 e. The highest BCUT2D eigenvalue weighted by Crippen LogP contribution is 2.22. The number of aromatic nitrogens is 2. The Hall–Kier alpha value is -2.12. The summed E-state index contributed by atoms with van der Waals surface area (Å²) in [6, 6.07) is 2.35. The van der Waals surface area contributed by atoms with Gasteiger partial charge in [0.1, 0.15) is 5.52 Å². The van der Waals surface area contributed by atoms with Crippen molar-refractivity contribution in [1.82, 2.24) is 19.4 Å². The number of pyridine rings is 1. The third-order valence-electron chi connectivity index (χ3n) is 5.44. The first-order valence-electron chi connectivity index (χ1n) is 8.93. The van der Waals surface area contributed by atoms with E-state index in [1.54, 1.807) is 19.4 Å². The van der Waals surface area contributed by atoms with Gasteiger partial charge in [-0.25, -0.2) is 0 Å². The van der Waals surface area contributed by atoms with Gasteiger partial charge in [0.2, 0.25) is 0 Å². The Balaban J connectivity index is 1.50. The summed E-state index contributed by atoms with van der Waals surface area (Å²) >= 11 is 0. The number of nitrogens with one attached hydrogen (secondary N) is 1. The molecule has 1 amide bonds. The molecule has 2 aliphatic heterocycles. The molecule has 134 valence electrons. The molecule has 0 spiro atoms. The number of ether oxygens (including phenoxy) is 1. The molecule has 0 atom stereocenters. The van der Waals surface area contributed by atoms with Gasteiger partial charge >= 0.3 is 0 Å². The van der Waals surface area contributed by atoms with Crippen molar-refractivity contribution < 1.29 is 9.53 Å². The molecule has 0 aromatic carbocycles. The molecule has 2 saturated heterocycles. The number of piperidine rings is 1. The van der Waals surface area contributed by atoms with Gasteiger partial charge in [-0.3, -0.25) is 14.5 Å². The summed E-state index contributed by atoms with van der Waals surface area (Å²) in [6.45, 7) is 5.11. The number of rotatable bonds is 2. The molecule has 2 aliphatic rings. The van der Waals surface area contributed by atoms with Gasteiger partial charge in [-0.05, 0) is 18.9 Å². The largest absolute Gasteiger partial charge is 0.379 e. The lowest BCUT2D eigenvalue weighted by Crippen LogP contribution is -2.50. The first kappa shape index (κ1) is 16.4. The van der Waals surface area contributed by atoms with E-state index in [9.17, 15) is 9.59 Å². The third kappa shape index (κ3) is 2.98. The zero-order valence-electron chi connectivity index (χ0n) is 14.5. The lowest BCUT2D eigenvalue weighted by Gasteiger charge is -2.40. The second kappa shape index (κ2) is 6.65. The van der Waals surface area contributed by atoms with Crippen molar-refractivity contribution in [3.63, 3.8) is 0 Å². The zero-order valence-corrected chi connectivity index (χ0v) is 14.5. The van der Waals surface area contributed by atoms with Crippen LogP contribution in [0.1, 0.15) is 23.2 Å². The molecule has 0 radical (unpaired) electrons. The Morgan fingerprint density at radius 3 is 2.64 bits per heavy atom. The minimum atomic E-state index is -0.109. The number of H-pyrrole nitrogens is 1. The van der Waals surface area contributed by atoms with E-state index in [4.69, 9.17) is 4.74 Å². The number of nitrogens with zero attached hydrogens (tertiary/aromatic N) is 3. The van der Waals surface area contributed by atoms with Gasteiger partial charge < -0.3 is 19.2 Å². The minimum Gasteiger partial charge on any atom is -0.379 e. The van der Waals surface area contributed by atoms with Crippen LogP contribution in [0.3, 0.4) is 0 Å². The Bertz CT molecular complexity index is 826. The van der Waals surface area contributed by atoms with Crippen molar-refractivity contribution in [2.75, 3.05) is 39.4 Å². The molecule has 0 bridgehead atoms. The normalized spacial score (nSPS) is 20.3. The number of carbonyl (C=O) groups excluding carboxylic acids is 1. The number of carbonyl (C=O) groups is 1. The minimum absolute atomic E-state index is 0.0145. The van der Waals surface area contributed by atoms with Crippen LogP contribution in [0.5, 0.6) is 0 Å². The lowest BCUT2D eigenvalue weighted by atomic mass is 10.0. The van der Waals surface area contributed by atoms with Crippen molar-refractivity contribution >= 4 is 16.8 Å². The van der Waals surface area contributed by atoms with Crippen molar-refractivity contribution in [2.24, 2.45) is 7.05 Å². The number of hydrogen-bond donors (Lipinski definition) is 1. The molecule has 2 aromatic rings.